The van der Waals surface area contributed by atoms with E-state index in [1.54, 1.807) is 25.5 Å². The van der Waals surface area contributed by atoms with Crippen LogP contribution in [0, 0.1) is 0 Å². The highest BCUT2D eigenvalue weighted by Crippen LogP contribution is 2.38. The van der Waals surface area contributed by atoms with Crippen molar-refractivity contribution in [1.29, 1.82) is 0 Å². The van der Waals surface area contributed by atoms with Gasteiger partial charge < -0.3 is 20.1 Å². The number of nitrogens with one attached hydrogen (secondary N) is 2. The first-order chi connectivity index (χ1) is 15.9. The molecule has 0 aromatic carbocycles. The number of anilines is 1. The fourth-order valence-electron chi connectivity index (χ4n) is 4.37. The lowest BCUT2D eigenvalue weighted by atomic mass is 9.57. The molecule has 0 spiro atoms. The molecule has 3 aromatic heterocycles. The average Bonchev–Trinajstić information content (AvgIpc) is 3.68. The van der Waals surface area contributed by atoms with Gasteiger partial charge in [0, 0.05) is 45.0 Å². The lowest BCUT2D eigenvalue weighted by Gasteiger charge is -2.45. The number of rotatable bonds is 5. The van der Waals surface area contributed by atoms with Crippen LogP contribution in [0.3, 0.4) is 0 Å². The maximum Gasteiger partial charge on any atom is 0.269 e. The van der Waals surface area contributed by atoms with Crippen LogP contribution in [0.4, 0.5) is 5.69 Å². The second kappa shape index (κ2) is 8.33. The number of carbonyl (C=O) groups excluding carboxylic acids is 1. The monoisotopic (exact) mass is 438 g/mol. The molecule has 10 heteroatoms. The summed E-state index contributed by atoms with van der Waals surface area (Å²) in [5.41, 5.74) is 4.11. The highest BCUT2D eigenvalue weighted by Gasteiger charge is 2.32. The Morgan fingerprint density at radius 2 is 1.88 bits per heavy atom. The van der Waals surface area contributed by atoms with Crippen LogP contribution in [0.2, 0.25) is 0 Å². The zero-order chi connectivity index (χ0) is 23.2. The van der Waals surface area contributed by atoms with Crippen molar-refractivity contribution in [3.63, 3.8) is 0 Å². The number of piperazine rings is 1. The van der Waals surface area contributed by atoms with Gasteiger partial charge in [0.1, 0.15) is 5.69 Å². The third-order valence-corrected chi connectivity index (χ3v) is 6.58. The summed E-state index contributed by atoms with van der Waals surface area (Å²) in [6.07, 6.45) is 5.52. The second-order valence-electron chi connectivity index (χ2n) is 8.77. The molecule has 2 fully saturated rings. The standard InChI is InChI=1S/C23H24B2N6O2/c1-26-22(33)18-5-4-16(13-28-18)30-6-8-31(9-7-30)23(24,25)15-10-20-19(27-12-15)11-17(14-2-3-14)21(32)29-20/h4-5,10-14H,2-3,6-9H2,1H3,(H,26,33)(H,29,32). The molecule has 2 N–H and O–H groups in total. The maximum absolute atomic E-state index is 12.4. The van der Waals surface area contributed by atoms with Crippen LogP contribution in [0.5, 0.6) is 0 Å². The van der Waals surface area contributed by atoms with Gasteiger partial charge in [-0.25, -0.2) is 4.98 Å². The van der Waals surface area contributed by atoms with Gasteiger partial charge in [-0.15, -0.1) is 0 Å². The number of aromatic nitrogens is 3. The summed E-state index contributed by atoms with van der Waals surface area (Å²) in [6.45, 7) is 2.69. The molecule has 1 aliphatic carbocycles. The van der Waals surface area contributed by atoms with Gasteiger partial charge >= 0.3 is 0 Å². The van der Waals surface area contributed by atoms with Gasteiger partial charge in [-0.1, -0.05) is 0 Å². The highest BCUT2D eigenvalue weighted by atomic mass is 16.1. The van der Waals surface area contributed by atoms with Crippen LogP contribution in [-0.4, -0.2) is 74.7 Å². The van der Waals surface area contributed by atoms with Gasteiger partial charge in [-0.05, 0) is 53.9 Å². The fourth-order valence-corrected chi connectivity index (χ4v) is 4.37. The van der Waals surface area contributed by atoms with E-state index in [2.05, 4.69) is 25.2 Å². The molecule has 1 saturated heterocycles. The van der Waals surface area contributed by atoms with Crippen LogP contribution in [0.15, 0.2) is 41.5 Å². The fraction of sp³-hybridized carbons (Fsp3) is 0.391. The molecule has 1 saturated carbocycles. The topological polar surface area (TPSA) is 94.2 Å². The Balaban J connectivity index is 1.30. The minimum atomic E-state index is -1.22. The average molecular weight is 438 g/mol. The number of amides is 1. The van der Waals surface area contributed by atoms with E-state index < -0.39 is 5.34 Å². The molecule has 4 heterocycles. The first-order valence-electron chi connectivity index (χ1n) is 11.2. The van der Waals surface area contributed by atoms with Crippen molar-refractivity contribution in [2.24, 2.45) is 0 Å². The van der Waals surface area contributed by atoms with Gasteiger partial charge in [0.2, 0.25) is 0 Å². The Morgan fingerprint density at radius 3 is 2.52 bits per heavy atom. The number of aromatic amines is 1. The van der Waals surface area contributed by atoms with Gasteiger partial charge in [0.25, 0.3) is 11.5 Å². The Labute approximate surface area is 194 Å². The molecule has 164 valence electrons. The summed E-state index contributed by atoms with van der Waals surface area (Å²) in [5, 5.41) is 1.35. The molecule has 33 heavy (non-hydrogen) atoms. The zero-order valence-corrected chi connectivity index (χ0v) is 18.5. The Bertz CT molecular complexity index is 1250. The van der Waals surface area contributed by atoms with Crippen molar-refractivity contribution in [3.8, 4) is 0 Å². The van der Waals surface area contributed by atoms with Crippen LogP contribution < -0.4 is 15.8 Å². The van der Waals surface area contributed by atoms with E-state index in [9.17, 15) is 9.59 Å². The number of hydrogen-bond acceptors (Lipinski definition) is 6. The minimum Gasteiger partial charge on any atom is -0.368 e. The molecular weight excluding hydrogens is 414 g/mol. The SMILES string of the molecule is [B]C([B])(c1cnc2cc(C3CC3)c(=O)[nH]c2c1)N1CCN(c2ccc(C(=O)NC)nc2)CC1. The largest absolute Gasteiger partial charge is 0.368 e. The summed E-state index contributed by atoms with van der Waals surface area (Å²) >= 11 is 0. The highest BCUT2D eigenvalue weighted by molar-refractivity contribution is 6.39. The number of carbonyl (C=O) groups is 1. The Hall–Kier alpha value is -3.13. The summed E-state index contributed by atoms with van der Waals surface area (Å²) in [7, 11) is 14.7. The summed E-state index contributed by atoms with van der Waals surface area (Å²) in [4.78, 5) is 40.0. The van der Waals surface area contributed by atoms with Gasteiger partial charge in [-0.3, -0.25) is 14.6 Å². The summed E-state index contributed by atoms with van der Waals surface area (Å²) < 4.78 is 0. The number of fused-ring (bicyclic) bond motifs is 1. The van der Waals surface area contributed by atoms with E-state index in [0.717, 1.165) is 29.6 Å². The van der Waals surface area contributed by atoms with E-state index in [4.69, 9.17) is 15.7 Å². The first-order valence-corrected chi connectivity index (χ1v) is 11.2. The molecule has 3 aromatic rings. The van der Waals surface area contributed by atoms with Crippen LogP contribution in [0.1, 0.15) is 40.4 Å². The first kappa shape index (κ1) is 21.7. The van der Waals surface area contributed by atoms with Crippen LogP contribution in [-0.2, 0) is 5.34 Å². The second-order valence-corrected chi connectivity index (χ2v) is 8.77. The van der Waals surface area contributed by atoms with E-state index in [1.165, 1.54) is 0 Å². The number of hydrogen-bond donors (Lipinski definition) is 2. The molecule has 1 amide bonds. The van der Waals surface area contributed by atoms with Crippen LogP contribution >= 0.6 is 0 Å². The summed E-state index contributed by atoms with van der Waals surface area (Å²) in [6, 6.07) is 7.32. The number of H-pyrrole nitrogens is 1. The third kappa shape index (κ3) is 4.15. The van der Waals surface area contributed by atoms with E-state index >= 15 is 0 Å². The molecule has 5 rings (SSSR count). The van der Waals surface area contributed by atoms with Crippen molar-refractivity contribution >= 4 is 38.3 Å². The van der Waals surface area contributed by atoms with Crippen LogP contribution in [0.25, 0.3) is 11.0 Å². The minimum absolute atomic E-state index is 0.0618. The molecule has 0 unspecified atom stereocenters. The van der Waals surface area contributed by atoms with E-state index in [0.29, 0.717) is 48.9 Å². The molecule has 0 bridgehead atoms. The van der Waals surface area contributed by atoms with E-state index in [1.807, 2.05) is 23.1 Å². The Kier molecular flexibility index (Phi) is 5.48. The van der Waals surface area contributed by atoms with Gasteiger partial charge in [0.05, 0.1) is 38.6 Å². The molecule has 1 aliphatic heterocycles. The summed E-state index contributed by atoms with van der Waals surface area (Å²) in [5.74, 6) is 0.144. The quantitative estimate of drug-likeness (QED) is 0.574. The predicted octanol–water partition coefficient (Wildman–Crippen LogP) is 0.825. The van der Waals surface area contributed by atoms with Gasteiger partial charge in [0.15, 0.2) is 0 Å². The smallest absolute Gasteiger partial charge is 0.269 e. The molecule has 2 aliphatic rings. The zero-order valence-electron chi connectivity index (χ0n) is 18.5. The number of pyridine rings is 3. The van der Waals surface area contributed by atoms with Crippen molar-refractivity contribution < 1.29 is 4.79 Å². The van der Waals surface area contributed by atoms with Crippen molar-refractivity contribution in [3.05, 3.63) is 63.8 Å². The third-order valence-electron chi connectivity index (χ3n) is 6.58. The molecular formula is C23H24B2N6O2. The normalized spacial score (nSPS) is 17.3. The molecule has 4 radical (unpaired) electrons. The predicted molar refractivity (Wildman–Crippen MR) is 129 cm³/mol. The lowest BCUT2D eigenvalue weighted by Crippen LogP contribution is -2.56. The van der Waals surface area contributed by atoms with Crippen molar-refractivity contribution in [1.82, 2.24) is 25.2 Å². The van der Waals surface area contributed by atoms with Crippen molar-refractivity contribution in [2.75, 3.05) is 38.1 Å². The number of nitrogens with zero attached hydrogens (tertiary/aromatic N) is 4. The van der Waals surface area contributed by atoms with E-state index in [-0.39, 0.29) is 11.5 Å². The Morgan fingerprint density at radius 1 is 1.12 bits per heavy atom. The molecule has 0 atom stereocenters. The molecule has 8 nitrogen and oxygen atoms in total. The van der Waals surface area contributed by atoms with Gasteiger partial charge in [-0.2, -0.15) is 0 Å². The lowest BCUT2D eigenvalue weighted by molar-refractivity contribution is 0.0958. The maximum atomic E-state index is 12.4. The van der Waals surface area contributed by atoms with Crippen molar-refractivity contribution in [2.45, 2.75) is 24.1 Å².